The third-order valence-electron chi connectivity index (χ3n) is 2.96. The van der Waals surface area contributed by atoms with Crippen molar-refractivity contribution >= 4 is 11.6 Å². The standard InChI is InChI=1S/C13H18ClNO/c14-13-6-2-1-5-12(13)9-15-8-11-4-3-7-16-10-11/h1-2,5-6,11,15H,3-4,7-10H2. The van der Waals surface area contributed by atoms with Crippen LogP contribution in [0.2, 0.25) is 5.02 Å². The largest absolute Gasteiger partial charge is 0.381 e. The Morgan fingerprint density at radius 3 is 3.00 bits per heavy atom. The molecule has 0 aliphatic carbocycles. The van der Waals surface area contributed by atoms with Gasteiger partial charge in [-0.1, -0.05) is 29.8 Å². The van der Waals surface area contributed by atoms with Crippen LogP contribution in [0.1, 0.15) is 18.4 Å². The van der Waals surface area contributed by atoms with Crippen LogP contribution in [0.5, 0.6) is 0 Å². The molecular formula is C13H18ClNO. The number of nitrogens with one attached hydrogen (secondary N) is 1. The summed E-state index contributed by atoms with van der Waals surface area (Å²) in [6, 6.07) is 7.97. The zero-order chi connectivity index (χ0) is 11.2. The molecule has 1 aromatic carbocycles. The number of hydrogen-bond acceptors (Lipinski definition) is 2. The molecule has 2 rings (SSSR count). The zero-order valence-corrected chi connectivity index (χ0v) is 10.2. The topological polar surface area (TPSA) is 21.3 Å². The van der Waals surface area contributed by atoms with E-state index >= 15 is 0 Å². The first-order valence-electron chi connectivity index (χ1n) is 5.88. The van der Waals surface area contributed by atoms with Crippen LogP contribution in [0.3, 0.4) is 0 Å². The fraction of sp³-hybridized carbons (Fsp3) is 0.538. The van der Waals surface area contributed by atoms with E-state index < -0.39 is 0 Å². The Balaban J connectivity index is 1.73. The first-order chi connectivity index (χ1) is 7.86. The number of ether oxygens (including phenoxy) is 1. The molecule has 0 aromatic heterocycles. The van der Waals surface area contributed by atoms with Gasteiger partial charge in [0.1, 0.15) is 0 Å². The van der Waals surface area contributed by atoms with Gasteiger partial charge in [0.05, 0.1) is 6.61 Å². The highest BCUT2D eigenvalue weighted by Gasteiger charge is 2.13. The van der Waals surface area contributed by atoms with Crippen LogP contribution in [0.25, 0.3) is 0 Å². The number of benzene rings is 1. The molecule has 1 aromatic rings. The lowest BCUT2D eigenvalue weighted by Gasteiger charge is -2.22. The van der Waals surface area contributed by atoms with Crippen LogP contribution in [0.4, 0.5) is 0 Å². The van der Waals surface area contributed by atoms with Crippen LogP contribution < -0.4 is 5.32 Å². The first kappa shape index (κ1) is 11.9. The smallest absolute Gasteiger partial charge is 0.0506 e. The summed E-state index contributed by atoms with van der Waals surface area (Å²) in [7, 11) is 0. The molecule has 1 heterocycles. The first-order valence-corrected chi connectivity index (χ1v) is 6.26. The molecule has 0 amide bonds. The van der Waals surface area contributed by atoms with Gasteiger partial charge in [-0.3, -0.25) is 0 Å². The molecule has 0 bridgehead atoms. The molecule has 1 fully saturated rings. The Hall–Kier alpha value is -0.570. The van der Waals surface area contributed by atoms with Crippen molar-refractivity contribution in [1.29, 1.82) is 0 Å². The molecule has 1 aliphatic rings. The maximum Gasteiger partial charge on any atom is 0.0506 e. The minimum atomic E-state index is 0.663. The average molecular weight is 240 g/mol. The van der Waals surface area contributed by atoms with Crippen molar-refractivity contribution < 1.29 is 4.74 Å². The van der Waals surface area contributed by atoms with Gasteiger partial charge in [-0.25, -0.2) is 0 Å². The van der Waals surface area contributed by atoms with Crippen LogP contribution >= 0.6 is 11.6 Å². The van der Waals surface area contributed by atoms with Crippen molar-refractivity contribution in [2.45, 2.75) is 19.4 Å². The van der Waals surface area contributed by atoms with E-state index in [1.165, 1.54) is 18.4 Å². The van der Waals surface area contributed by atoms with E-state index in [0.29, 0.717) is 5.92 Å². The van der Waals surface area contributed by atoms with Gasteiger partial charge in [-0.15, -0.1) is 0 Å². The molecule has 1 saturated heterocycles. The van der Waals surface area contributed by atoms with Crippen LogP contribution in [-0.4, -0.2) is 19.8 Å². The predicted octanol–water partition coefficient (Wildman–Crippen LogP) is 2.86. The van der Waals surface area contributed by atoms with E-state index in [4.69, 9.17) is 16.3 Å². The predicted molar refractivity (Wildman–Crippen MR) is 66.7 cm³/mol. The lowest BCUT2D eigenvalue weighted by molar-refractivity contribution is 0.0547. The maximum absolute atomic E-state index is 6.08. The molecule has 1 aliphatic heterocycles. The van der Waals surface area contributed by atoms with Crippen molar-refractivity contribution in [3.8, 4) is 0 Å². The van der Waals surface area contributed by atoms with E-state index in [9.17, 15) is 0 Å². The summed E-state index contributed by atoms with van der Waals surface area (Å²) in [4.78, 5) is 0. The highest BCUT2D eigenvalue weighted by atomic mass is 35.5. The second-order valence-electron chi connectivity index (χ2n) is 4.31. The summed E-state index contributed by atoms with van der Waals surface area (Å²) in [5.41, 5.74) is 1.17. The minimum Gasteiger partial charge on any atom is -0.381 e. The van der Waals surface area contributed by atoms with Crippen molar-refractivity contribution in [3.63, 3.8) is 0 Å². The SMILES string of the molecule is Clc1ccccc1CNCC1CCCOC1. The third-order valence-corrected chi connectivity index (χ3v) is 3.33. The molecule has 88 valence electrons. The molecule has 2 nitrogen and oxygen atoms in total. The summed E-state index contributed by atoms with van der Waals surface area (Å²) in [5, 5.41) is 4.29. The van der Waals surface area contributed by atoms with Crippen molar-refractivity contribution in [2.24, 2.45) is 5.92 Å². The lowest BCUT2D eigenvalue weighted by atomic mass is 10.0. The molecule has 1 unspecified atom stereocenters. The quantitative estimate of drug-likeness (QED) is 0.873. The van der Waals surface area contributed by atoms with Crippen LogP contribution in [0.15, 0.2) is 24.3 Å². The molecule has 0 saturated carbocycles. The number of halogens is 1. The second kappa shape index (κ2) is 6.24. The molecular weight excluding hydrogens is 222 g/mol. The molecule has 16 heavy (non-hydrogen) atoms. The van der Waals surface area contributed by atoms with Gasteiger partial charge in [-0.2, -0.15) is 0 Å². The summed E-state index contributed by atoms with van der Waals surface area (Å²) in [6.07, 6.45) is 2.47. The van der Waals surface area contributed by atoms with Gasteiger partial charge in [0.15, 0.2) is 0 Å². The highest BCUT2D eigenvalue weighted by molar-refractivity contribution is 6.31. The Kier molecular flexibility index (Phi) is 4.64. The summed E-state index contributed by atoms with van der Waals surface area (Å²) < 4.78 is 5.44. The van der Waals surface area contributed by atoms with E-state index in [2.05, 4.69) is 11.4 Å². The Morgan fingerprint density at radius 1 is 1.38 bits per heavy atom. The van der Waals surface area contributed by atoms with Gasteiger partial charge in [-0.05, 0) is 30.4 Å². The third kappa shape index (κ3) is 3.48. The Morgan fingerprint density at radius 2 is 2.25 bits per heavy atom. The fourth-order valence-corrected chi connectivity index (χ4v) is 2.22. The van der Waals surface area contributed by atoms with Gasteiger partial charge in [0.2, 0.25) is 0 Å². The Bertz CT molecular complexity index is 323. The highest BCUT2D eigenvalue weighted by Crippen LogP contribution is 2.15. The molecule has 1 N–H and O–H groups in total. The van der Waals surface area contributed by atoms with Gasteiger partial charge in [0, 0.05) is 24.7 Å². The fourth-order valence-electron chi connectivity index (χ4n) is 2.02. The van der Waals surface area contributed by atoms with E-state index in [-0.39, 0.29) is 0 Å². The van der Waals surface area contributed by atoms with E-state index in [1.54, 1.807) is 0 Å². The molecule has 3 heteroatoms. The van der Waals surface area contributed by atoms with Crippen LogP contribution in [-0.2, 0) is 11.3 Å². The van der Waals surface area contributed by atoms with Crippen LogP contribution in [0, 0.1) is 5.92 Å². The number of rotatable bonds is 4. The van der Waals surface area contributed by atoms with E-state index in [0.717, 1.165) is 31.3 Å². The van der Waals surface area contributed by atoms with Gasteiger partial charge < -0.3 is 10.1 Å². The summed E-state index contributed by atoms with van der Waals surface area (Å²) in [5.74, 6) is 0.663. The summed E-state index contributed by atoms with van der Waals surface area (Å²) in [6.45, 7) is 3.69. The monoisotopic (exact) mass is 239 g/mol. The second-order valence-corrected chi connectivity index (χ2v) is 4.71. The molecule has 1 atom stereocenters. The average Bonchev–Trinajstić information content (AvgIpc) is 2.33. The maximum atomic E-state index is 6.08. The lowest BCUT2D eigenvalue weighted by Crippen LogP contribution is -2.28. The summed E-state index contributed by atoms with van der Waals surface area (Å²) >= 11 is 6.08. The van der Waals surface area contributed by atoms with Gasteiger partial charge >= 0.3 is 0 Å². The normalized spacial score (nSPS) is 20.9. The number of hydrogen-bond donors (Lipinski definition) is 1. The van der Waals surface area contributed by atoms with E-state index in [1.807, 2.05) is 18.2 Å². The van der Waals surface area contributed by atoms with Crippen molar-refractivity contribution in [2.75, 3.05) is 19.8 Å². The zero-order valence-electron chi connectivity index (χ0n) is 9.42. The molecule has 0 spiro atoms. The molecule has 0 radical (unpaired) electrons. The van der Waals surface area contributed by atoms with Crippen molar-refractivity contribution in [3.05, 3.63) is 34.9 Å². The van der Waals surface area contributed by atoms with Crippen molar-refractivity contribution in [1.82, 2.24) is 5.32 Å². The van der Waals surface area contributed by atoms with Gasteiger partial charge in [0.25, 0.3) is 0 Å². The minimum absolute atomic E-state index is 0.663. The Labute approximate surface area is 102 Å².